The number of anilines is 2. The number of nitrogens with two attached hydrogens (primary N) is 1. The Morgan fingerprint density at radius 2 is 2.00 bits per heavy atom. The number of carbonyl (C=O) groups excluding carboxylic acids is 1. The van der Waals surface area contributed by atoms with Gasteiger partial charge in [-0.25, -0.2) is 0 Å². The number of benzene rings is 1. The zero-order chi connectivity index (χ0) is 15.5. The molecule has 0 aliphatic rings. The highest BCUT2D eigenvalue weighted by Gasteiger charge is 2.13. The van der Waals surface area contributed by atoms with E-state index in [9.17, 15) is 4.79 Å². The van der Waals surface area contributed by atoms with E-state index < -0.39 is 0 Å². The molecule has 0 atom stereocenters. The van der Waals surface area contributed by atoms with Gasteiger partial charge in [0.1, 0.15) is 0 Å². The summed E-state index contributed by atoms with van der Waals surface area (Å²) in [6, 6.07) is 7.79. The highest BCUT2D eigenvalue weighted by molar-refractivity contribution is 5.96. The second kappa shape index (κ2) is 5.99. The Hall–Kier alpha value is -2.30. The molecular formula is C16H22N4O. The van der Waals surface area contributed by atoms with Crippen LogP contribution in [0.25, 0.3) is 10.9 Å². The Kier molecular flexibility index (Phi) is 4.31. The van der Waals surface area contributed by atoms with Crippen LogP contribution in [0.5, 0.6) is 0 Å². The number of fused-ring (bicyclic) bond motifs is 1. The minimum absolute atomic E-state index is 0.0203. The molecule has 0 saturated carbocycles. The first kappa shape index (κ1) is 15.1. The number of hydrogen-bond acceptors (Lipinski definition) is 4. The Morgan fingerprint density at radius 1 is 1.29 bits per heavy atom. The van der Waals surface area contributed by atoms with Crippen molar-refractivity contribution in [2.45, 2.75) is 32.7 Å². The van der Waals surface area contributed by atoms with Gasteiger partial charge in [-0.15, -0.1) is 0 Å². The fourth-order valence-corrected chi connectivity index (χ4v) is 2.14. The third kappa shape index (κ3) is 4.08. The molecular weight excluding hydrogens is 264 g/mol. The average Bonchev–Trinajstić information content (AvgIpc) is 2.39. The average molecular weight is 286 g/mol. The molecule has 2 aromatic rings. The summed E-state index contributed by atoms with van der Waals surface area (Å²) in [6.07, 6.45) is 2.03. The van der Waals surface area contributed by atoms with Crippen molar-refractivity contribution in [1.29, 1.82) is 0 Å². The molecule has 112 valence electrons. The first-order valence-corrected chi connectivity index (χ1v) is 7.05. The van der Waals surface area contributed by atoms with Crippen LogP contribution in [-0.4, -0.2) is 23.0 Å². The summed E-state index contributed by atoms with van der Waals surface area (Å²) in [6.45, 7) is 6.42. The number of hydrogen-bond donors (Lipinski definition) is 3. The number of pyridine rings is 1. The molecule has 4 N–H and O–H groups in total. The highest BCUT2D eigenvalue weighted by atomic mass is 16.1. The molecule has 0 aliphatic heterocycles. The molecule has 1 aromatic carbocycles. The van der Waals surface area contributed by atoms with Gasteiger partial charge < -0.3 is 16.4 Å². The summed E-state index contributed by atoms with van der Waals surface area (Å²) in [5.74, 6) is 0.0203. The SMILES string of the molecule is CC(C)(C)NC(=O)CCNc1c(N)cnc2ccccc12. The van der Waals surface area contributed by atoms with Gasteiger partial charge in [-0.3, -0.25) is 9.78 Å². The third-order valence-corrected chi connectivity index (χ3v) is 2.97. The van der Waals surface area contributed by atoms with Gasteiger partial charge in [0.05, 0.1) is 23.1 Å². The number of nitrogen functional groups attached to an aromatic ring is 1. The molecule has 5 nitrogen and oxygen atoms in total. The van der Waals surface area contributed by atoms with Gasteiger partial charge in [0.2, 0.25) is 5.91 Å². The largest absolute Gasteiger partial charge is 0.396 e. The number of nitrogens with one attached hydrogen (secondary N) is 2. The molecule has 0 radical (unpaired) electrons. The van der Waals surface area contributed by atoms with Gasteiger partial charge in [-0.2, -0.15) is 0 Å². The van der Waals surface area contributed by atoms with Crippen molar-refractivity contribution >= 4 is 28.2 Å². The summed E-state index contributed by atoms with van der Waals surface area (Å²) in [7, 11) is 0. The van der Waals surface area contributed by atoms with Crippen molar-refractivity contribution in [1.82, 2.24) is 10.3 Å². The quantitative estimate of drug-likeness (QED) is 0.807. The van der Waals surface area contributed by atoms with E-state index in [0.717, 1.165) is 16.6 Å². The normalized spacial score (nSPS) is 11.4. The molecule has 21 heavy (non-hydrogen) atoms. The molecule has 2 rings (SSSR count). The third-order valence-electron chi connectivity index (χ3n) is 2.97. The molecule has 5 heteroatoms. The van der Waals surface area contributed by atoms with Crippen molar-refractivity contribution in [3.8, 4) is 0 Å². The lowest BCUT2D eigenvalue weighted by atomic mass is 10.1. The summed E-state index contributed by atoms with van der Waals surface area (Å²) >= 11 is 0. The van der Waals surface area contributed by atoms with E-state index in [1.165, 1.54) is 0 Å². The summed E-state index contributed by atoms with van der Waals surface area (Å²) < 4.78 is 0. The van der Waals surface area contributed by atoms with Crippen LogP contribution < -0.4 is 16.4 Å². The van der Waals surface area contributed by atoms with Crippen LogP contribution in [0.3, 0.4) is 0 Å². The number of para-hydroxylation sites is 1. The first-order chi connectivity index (χ1) is 9.87. The van der Waals surface area contributed by atoms with Crippen LogP contribution in [0.2, 0.25) is 0 Å². The zero-order valence-electron chi connectivity index (χ0n) is 12.7. The van der Waals surface area contributed by atoms with Crippen LogP contribution in [0, 0.1) is 0 Å². The minimum Gasteiger partial charge on any atom is -0.396 e. The van der Waals surface area contributed by atoms with Crippen molar-refractivity contribution in [2.24, 2.45) is 0 Å². The second-order valence-electron chi connectivity index (χ2n) is 6.08. The van der Waals surface area contributed by atoms with Gasteiger partial charge in [0, 0.05) is 23.9 Å². The molecule has 0 aliphatic carbocycles. The lowest BCUT2D eigenvalue weighted by molar-refractivity contribution is -0.122. The van der Waals surface area contributed by atoms with Gasteiger partial charge in [-0.1, -0.05) is 18.2 Å². The second-order valence-corrected chi connectivity index (χ2v) is 6.08. The molecule has 0 saturated heterocycles. The van der Waals surface area contributed by atoms with E-state index in [4.69, 9.17) is 5.73 Å². The lowest BCUT2D eigenvalue weighted by Crippen LogP contribution is -2.41. The Morgan fingerprint density at radius 3 is 2.71 bits per heavy atom. The number of rotatable bonds is 4. The van der Waals surface area contributed by atoms with E-state index in [0.29, 0.717) is 18.7 Å². The Labute approximate surface area is 124 Å². The van der Waals surface area contributed by atoms with Crippen molar-refractivity contribution < 1.29 is 4.79 Å². The van der Waals surface area contributed by atoms with E-state index >= 15 is 0 Å². The van der Waals surface area contributed by atoms with Crippen molar-refractivity contribution in [2.75, 3.05) is 17.6 Å². The van der Waals surface area contributed by atoms with Gasteiger partial charge >= 0.3 is 0 Å². The summed E-state index contributed by atoms with van der Waals surface area (Å²) in [5, 5.41) is 7.15. The number of carbonyl (C=O) groups is 1. The molecule has 0 unspecified atom stereocenters. The standard InChI is InChI=1S/C16H22N4O/c1-16(2,3)20-14(21)8-9-18-15-11-6-4-5-7-13(11)19-10-12(15)17/h4-7,10H,8-9,17H2,1-3H3,(H,18,19)(H,20,21). The van der Waals surface area contributed by atoms with Gasteiger partial charge in [0.15, 0.2) is 0 Å². The highest BCUT2D eigenvalue weighted by Crippen LogP contribution is 2.27. The minimum atomic E-state index is -0.209. The maximum absolute atomic E-state index is 11.8. The van der Waals surface area contributed by atoms with Crippen LogP contribution >= 0.6 is 0 Å². The summed E-state index contributed by atoms with van der Waals surface area (Å²) in [5.41, 5.74) is 8.08. The number of aromatic nitrogens is 1. The number of nitrogens with zero attached hydrogens (tertiary/aromatic N) is 1. The molecule has 0 fully saturated rings. The van der Waals surface area contributed by atoms with E-state index in [1.54, 1.807) is 6.20 Å². The maximum Gasteiger partial charge on any atom is 0.222 e. The van der Waals surface area contributed by atoms with Crippen LogP contribution in [0.1, 0.15) is 27.2 Å². The van der Waals surface area contributed by atoms with Crippen LogP contribution in [0.15, 0.2) is 30.5 Å². The fourth-order valence-electron chi connectivity index (χ4n) is 2.14. The lowest BCUT2D eigenvalue weighted by Gasteiger charge is -2.20. The monoisotopic (exact) mass is 286 g/mol. The van der Waals surface area contributed by atoms with E-state index in [2.05, 4.69) is 15.6 Å². The van der Waals surface area contributed by atoms with Gasteiger partial charge in [0.25, 0.3) is 0 Å². The van der Waals surface area contributed by atoms with E-state index in [1.807, 2.05) is 45.0 Å². The number of amides is 1. The van der Waals surface area contributed by atoms with Crippen molar-refractivity contribution in [3.63, 3.8) is 0 Å². The Balaban J connectivity index is 2.04. The zero-order valence-corrected chi connectivity index (χ0v) is 12.7. The molecule has 0 spiro atoms. The molecule has 0 bridgehead atoms. The smallest absolute Gasteiger partial charge is 0.222 e. The molecule has 1 heterocycles. The van der Waals surface area contributed by atoms with Crippen molar-refractivity contribution in [3.05, 3.63) is 30.5 Å². The first-order valence-electron chi connectivity index (χ1n) is 7.05. The van der Waals surface area contributed by atoms with Crippen LogP contribution in [0.4, 0.5) is 11.4 Å². The molecule has 1 amide bonds. The summed E-state index contributed by atoms with van der Waals surface area (Å²) in [4.78, 5) is 16.1. The maximum atomic E-state index is 11.8. The predicted molar refractivity (Wildman–Crippen MR) is 87.2 cm³/mol. The Bertz CT molecular complexity index is 646. The van der Waals surface area contributed by atoms with Crippen LogP contribution in [-0.2, 0) is 4.79 Å². The topological polar surface area (TPSA) is 80.0 Å². The fraction of sp³-hybridized carbons (Fsp3) is 0.375. The van der Waals surface area contributed by atoms with Gasteiger partial charge in [-0.05, 0) is 26.8 Å². The predicted octanol–water partition coefficient (Wildman–Crippen LogP) is 2.53. The van der Waals surface area contributed by atoms with E-state index in [-0.39, 0.29) is 11.4 Å². The molecule has 1 aromatic heterocycles.